The third-order valence-electron chi connectivity index (χ3n) is 3.41. The molecule has 142 valence electrons. The van der Waals surface area contributed by atoms with Gasteiger partial charge in [-0.05, 0) is 36.8 Å². The van der Waals surface area contributed by atoms with Crippen LogP contribution in [0.15, 0.2) is 53.0 Å². The molecular weight excluding hydrogens is 436 g/mol. The molecule has 6 nitrogen and oxygen atoms in total. The number of rotatable bonds is 8. The molecule has 0 unspecified atom stereocenters. The van der Waals surface area contributed by atoms with Crippen molar-refractivity contribution < 1.29 is 19.1 Å². The number of benzene rings is 2. The monoisotopic (exact) mass is 452 g/mol. The average molecular weight is 454 g/mol. The van der Waals surface area contributed by atoms with Gasteiger partial charge in [-0.1, -0.05) is 45.7 Å². The minimum atomic E-state index is -0.542. The molecule has 0 heterocycles. The summed E-state index contributed by atoms with van der Waals surface area (Å²) >= 11 is 9.27. The van der Waals surface area contributed by atoms with Crippen LogP contribution in [-0.4, -0.2) is 24.4 Å². The van der Waals surface area contributed by atoms with E-state index in [2.05, 4.69) is 26.6 Å². The first-order valence-corrected chi connectivity index (χ1v) is 9.36. The van der Waals surface area contributed by atoms with E-state index in [1.165, 1.54) is 0 Å². The summed E-state index contributed by atoms with van der Waals surface area (Å²) in [7, 11) is 0. The molecule has 0 spiro atoms. The second-order valence-corrected chi connectivity index (χ2v) is 6.92. The highest BCUT2D eigenvalue weighted by Crippen LogP contribution is 2.25. The Hall–Kier alpha value is -2.38. The fourth-order valence-electron chi connectivity index (χ4n) is 2.13. The Morgan fingerprint density at radius 2 is 1.70 bits per heavy atom. The molecule has 2 N–H and O–H groups in total. The Labute approximate surface area is 170 Å². The Balaban J connectivity index is 1.64. The lowest BCUT2D eigenvalue weighted by Crippen LogP contribution is -2.21. The second-order valence-electron chi connectivity index (χ2n) is 5.60. The largest absolute Gasteiger partial charge is 0.456 e. The number of nitrogens with one attached hydrogen (secondary N) is 2. The lowest BCUT2D eigenvalue weighted by molar-refractivity contribution is -0.147. The SMILES string of the molecule is O=C(CCCC(=O)OCC(=O)Nc1ccc(Br)cc1Cl)Nc1ccccc1. The third kappa shape index (κ3) is 7.80. The molecule has 8 heteroatoms. The molecule has 0 radical (unpaired) electrons. The van der Waals surface area contributed by atoms with Gasteiger partial charge in [0.25, 0.3) is 5.91 Å². The first-order valence-electron chi connectivity index (χ1n) is 8.19. The molecule has 0 atom stereocenters. The van der Waals surface area contributed by atoms with Crippen molar-refractivity contribution in [1.29, 1.82) is 0 Å². The fourth-order valence-corrected chi connectivity index (χ4v) is 2.85. The Kier molecular flexibility index (Phi) is 8.29. The van der Waals surface area contributed by atoms with Gasteiger partial charge >= 0.3 is 5.97 Å². The highest BCUT2D eigenvalue weighted by atomic mass is 79.9. The summed E-state index contributed by atoms with van der Waals surface area (Å²) in [6.45, 7) is -0.415. The normalized spacial score (nSPS) is 10.1. The number of anilines is 2. The first kappa shape index (κ1) is 20.9. The van der Waals surface area contributed by atoms with E-state index < -0.39 is 18.5 Å². The summed E-state index contributed by atoms with van der Waals surface area (Å²) < 4.78 is 5.69. The van der Waals surface area contributed by atoms with Gasteiger partial charge in [0.1, 0.15) is 0 Å². The van der Waals surface area contributed by atoms with Crippen molar-refractivity contribution in [3.63, 3.8) is 0 Å². The van der Waals surface area contributed by atoms with E-state index >= 15 is 0 Å². The number of carbonyl (C=O) groups excluding carboxylic acids is 3. The molecule has 0 aromatic heterocycles. The predicted octanol–water partition coefficient (Wildman–Crippen LogP) is 4.39. The standard InChI is InChI=1S/C19H18BrClN2O4/c20-13-9-10-16(15(21)11-13)23-18(25)12-27-19(26)8-4-7-17(24)22-14-5-2-1-3-6-14/h1-3,5-6,9-11H,4,7-8,12H2,(H,22,24)(H,23,25). The molecule has 2 amide bonds. The van der Waals surface area contributed by atoms with Crippen molar-refractivity contribution >= 4 is 56.7 Å². The van der Waals surface area contributed by atoms with Crippen LogP contribution in [0.2, 0.25) is 5.02 Å². The van der Waals surface area contributed by atoms with Crippen molar-refractivity contribution in [2.24, 2.45) is 0 Å². The zero-order chi connectivity index (χ0) is 19.6. The molecule has 2 rings (SSSR count). The highest BCUT2D eigenvalue weighted by Gasteiger charge is 2.11. The van der Waals surface area contributed by atoms with Crippen LogP contribution < -0.4 is 10.6 Å². The molecule has 27 heavy (non-hydrogen) atoms. The van der Waals surface area contributed by atoms with Crippen molar-refractivity contribution in [1.82, 2.24) is 0 Å². The highest BCUT2D eigenvalue weighted by molar-refractivity contribution is 9.10. The number of esters is 1. The first-order chi connectivity index (χ1) is 12.9. The molecule has 0 saturated carbocycles. The number of hydrogen-bond acceptors (Lipinski definition) is 4. The van der Waals surface area contributed by atoms with E-state index in [0.717, 1.165) is 4.47 Å². The van der Waals surface area contributed by atoms with Gasteiger partial charge < -0.3 is 15.4 Å². The van der Waals surface area contributed by atoms with Crippen molar-refractivity contribution in [2.75, 3.05) is 17.2 Å². The van der Waals surface area contributed by atoms with Gasteiger partial charge in [-0.25, -0.2) is 0 Å². The van der Waals surface area contributed by atoms with E-state index in [0.29, 0.717) is 22.8 Å². The number of carbonyl (C=O) groups is 3. The van der Waals surface area contributed by atoms with Crippen LogP contribution in [0.25, 0.3) is 0 Å². The van der Waals surface area contributed by atoms with Gasteiger partial charge in [0.05, 0.1) is 10.7 Å². The van der Waals surface area contributed by atoms with E-state index in [9.17, 15) is 14.4 Å². The summed E-state index contributed by atoms with van der Waals surface area (Å²) in [6.07, 6.45) is 0.566. The maximum Gasteiger partial charge on any atom is 0.306 e. The summed E-state index contributed by atoms with van der Waals surface area (Å²) in [4.78, 5) is 35.3. The van der Waals surface area contributed by atoms with E-state index in [1.54, 1.807) is 30.3 Å². The molecule has 0 aliphatic rings. The molecule has 2 aromatic rings. The smallest absolute Gasteiger partial charge is 0.306 e. The number of amides is 2. The third-order valence-corrected chi connectivity index (χ3v) is 4.22. The van der Waals surface area contributed by atoms with Crippen LogP contribution in [-0.2, 0) is 19.1 Å². The Bertz CT molecular complexity index is 815. The predicted molar refractivity (Wildman–Crippen MR) is 108 cm³/mol. The van der Waals surface area contributed by atoms with E-state index in [-0.39, 0.29) is 18.7 Å². The number of hydrogen-bond donors (Lipinski definition) is 2. The molecule has 0 fully saturated rings. The van der Waals surface area contributed by atoms with Crippen LogP contribution in [0.4, 0.5) is 11.4 Å². The molecule has 0 aliphatic heterocycles. The second kappa shape index (κ2) is 10.7. The van der Waals surface area contributed by atoms with Crippen LogP contribution in [0.5, 0.6) is 0 Å². The fraction of sp³-hybridized carbons (Fsp3) is 0.211. The quantitative estimate of drug-likeness (QED) is 0.581. The van der Waals surface area contributed by atoms with Crippen LogP contribution in [0.3, 0.4) is 0 Å². The minimum absolute atomic E-state index is 0.0501. The molecule has 0 bridgehead atoms. The summed E-state index contributed by atoms with van der Waals surface area (Å²) in [5.41, 5.74) is 1.13. The molecular formula is C19H18BrClN2O4. The summed E-state index contributed by atoms with van der Waals surface area (Å²) in [5.74, 6) is -1.22. The van der Waals surface area contributed by atoms with Crippen LogP contribution in [0, 0.1) is 0 Å². The molecule has 0 aliphatic carbocycles. The number of halogens is 2. The molecule has 2 aromatic carbocycles. The van der Waals surface area contributed by atoms with Gasteiger partial charge in [-0.2, -0.15) is 0 Å². The number of para-hydroxylation sites is 1. The Morgan fingerprint density at radius 3 is 2.41 bits per heavy atom. The van der Waals surface area contributed by atoms with Crippen molar-refractivity contribution in [3.8, 4) is 0 Å². The van der Waals surface area contributed by atoms with E-state index in [4.69, 9.17) is 16.3 Å². The summed E-state index contributed by atoms with van der Waals surface area (Å²) in [5, 5.41) is 5.66. The maximum absolute atomic E-state index is 11.8. The van der Waals surface area contributed by atoms with Crippen molar-refractivity contribution in [2.45, 2.75) is 19.3 Å². The zero-order valence-corrected chi connectivity index (χ0v) is 16.7. The van der Waals surface area contributed by atoms with Crippen LogP contribution in [0.1, 0.15) is 19.3 Å². The van der Waals surface area contributed by atoms with Gasteiger partial charge in [0.15, 0.2) is 6.61 Å². The van der Waals surface area contributed by atoms with Gasteiger partial charge in [-0.15, -0.1) is 0 Å². The minimum Gasteiger partial charge on any atom is -0.456 e. The van der Waals surface area contributed by atoms with Gasteiger partial charge in [0, 0.05) is 23.0 Å². The maximum atomic E-state index is 11.8. The van der Waals surface area contributed by atoms with Crippen LogP contribution >= 0.6 is 27.5 Å². The average Bonchev–Trinajstić information content (AvgIpc) is 2.63. The number of ether oxygens (including phenoxy) is 1. The summed E-state index contributed by atoms with van der Waals surface area (Å²) in [6, 6.07) is 14.1. The lowest BCUT2D eigenvalue weighted by Gasteiger charge is -2.08. The van der Waals surface area contributed by atoms with Gasteiger partial charge in [-0.3, -0.25) is 14.4 Å². The zero-order valence-electron chi connectivity index (χ0n) is 14.3. The van der Waals surface area contributed by atoms with Gasteiger partial charge in [0.2, 0.25) is 5.91 Å². The molecule has 0 saturated heterocycles. The van der Waals surface area contributed by atoms with E-state index in [1.807, 2.05) is 18.2 Å². The van der Waals surface area contributed by atoms with Crippen molar-refractivity contribution in [3.05, 3.63) is 58.0 Å². The Morgan fingerprint density at radius 1 is 0.963 bits per heavy atom. The lowest BCUT2D eigenvalue weighted by atomic mass is 10.2. The topological polar surface area (TPSA) is 84.5 Å².